The Morgan fingerprint density at radius 2 is 1.56 bits per heavy atom. The molecule has 0 aliphatic carbocycles. The summed E-state index contributed by atoms with van der Waals surface area (Å²) < 4.78 is 6.83. The Hall–Kier alpha value is -0.900. The van der Waals surface area contributed by atoms with E-state index in [1.165, 1.54) is 7.11 Å². The van der Waals surface area contributed by atoms with Gasteiger partial charge in [-0.05, 0) is 88.3 Å². The molecule has 9 heteroatoms. The number of hydrogen-bond donors (Lipinski definition) is 2. The van der Waals surface area contributed by atoms with Gasteiger partial charge in [0.1, 0.15) is 5.75 Å². The van der Waals surface area contributed by atoms with Gasteiger partial charge in [0.25, 0.3) is 5.91 Å². The predicted molar refractivity (Wildman–Crippen MR) is 110 cm³/mol. The van der Waals surface area contributed by atoms with Crippen LogP contribution in [0.25, 0.3) is 0 Å². The summed E-state index contributed by atoms with van der Waals surface area (Å²) in [6.07, 6.45) is 0. The molecule has 1 amide bonds. The van der Waals surface area contributed by atoms with Crippen LogP contribution in [0, 0.1) is 6.92 Å². The lowest BCUT2D eigenvalue weighted by atomic mass is 10.1. The Kier molecular flexibility index (Phi) is 6.69. The molecule has 0 atom stereocenters. The van der Waals surface area contributed by atoms with E-state index in [0.29, 0.717) is 24.9 Å². The normalized spacial score (nSPS) is 10.5. The van der Waals surface area contributed by atoms with Crippen molar-refractivity contribution in [2.24, 2.45) is 0 Å². The highest BCUT2D eigenvalue weighted by molar-refractivity contribution is 9.15. The van der Waals surface area contributed by atoms with Crippen LogP contribution < -0.4 is 10.1 Å². The second kappa shape index (κ2) is 8.20. The molecule has 0 aliphatic heterocycles. The molecule has 0 aromatic heterocycles. The van der Waals surface area contributed by atoms with Crippen molar-refractivity contribution >= 4 is 81.3 Å². The van der Waals surface area contributed by atoms with Crippen molar-refractivity contribution in [2.45, 2.75) is 6.92 Å². The maximum absolute atomic E-state index is 12.8. The first-order valence-corrected chi connectivity index (χ1v) is 9.91. The van der Waals surface area contributed by atoms with E-state index in [2.05, 4.69) is 69.0 Å². The molecule has 2 N–H and O–H groups in total. The minimum Gasteiger partial charge on any atom is -0.495 e. The lowest BCUT2D eigenvalue weighted by molar-refractivity contribution is 0.0691. The smallest absolute Gasteiger partial charge is 0.337 e. The number of carboxylic acid groups (broad SMARTS) is 1. The van der Waals surface area contributed by atoms with Gasteiger partial charge in [-0.2, -0.15) is 0 Å². The minimum atomic E-state index is -1.23. The zero-order valence-corrected chi connectivity index (χ0v) is 19.3. The van der Waals surface area contributed by atoms with E-state index in [4.69, 9.17) is 4.74 Å². The zero-order valence-electron chi connectivity index (χ0n) is 12.9. The lowest BCUT2D eigenvalue weighted by Gasteiger charge is -2.16. The molecule has 0 aliphatic rings. The number of carbonyl (C=O) groups is 2. The molecule has 2 aromatic rings. The standard InChI is InChI=1S/C16H11Br4NO4/c1-6-3-4-8(25-2)7(5-6)21-15(22)9-10(16(23)24)12(18)14(20)13(19)11(9)17/h3-5H,1-2H3,(H,21,22)(H,23,24). The molecule has 2 aromatic carbocycles. The molecule has 0 heterocycles. The van der Waals surface area contributed by atoms with Crippen molar-refractivity contribution in [2.75, 3.05) is 12.4 Å². The number of ether oxygens (including phenoxy) is 1. The maximum atomic E-state index is 12.8. The third-order valence-corrected chi connectivity index (χ3v) is 8.08. The molecular formula is C16H11Br4NO4. The highest BCUT2D eigenvalue weighted by atomic mass is 79.9. The number of aryl methyl sites for hydroxylation is 1. The van der Waals surface area contributed by atoms with E-state index in [1.807, 2.05) is 13.0 Å². The molecule has 0 saturated carbocycles. The van der Waals surface area contributed by atoms with Gasteiger partial charge in [-0.15, -0.1) is 0 Å². The van der Waals surface area contributed by atoms with Crippen molar-refractivity contribution < 1.29 is 19.4 Å². The van der Waals surface area contributed by atoms with Crippen LogP contribution in [-0.2, 0) is 0 Å². The Labute approximate surface area is 177 Å². The first-order chi connectivity index (χ1) is 11.7. The molecule has 0 bridgehead atoms. The van der Waals surface area contributed by atoms with Crippen LogP contribution in [0.3, 0.4) is 0 Å². The number of hydrogen-bond acceptors (Lipinski definition) is 3. The van der Waals surface area contributed by atoms with Crippen molar-refractivity contribution in [3.05, 3.63) is 52.8 Å². The highest BCUT2D eigenvalue weighted by Crippen LogP contribution is 2.42. The SMILES string of the molecule is COc1ccc(C)cc1NC(=O)c1c(Br)c(Br)c(Br)c(Br)c1C(=O)O. The fourth-order valence-corrected chi connectivity index (χ4v) is 4.62. The van der Waals surface area contributed by atoms with Crippen LogP contribution in [-0.4, -0.2) is 24.1 Å². The van der Waals surface area contributed by atoms with Crippen LogP contribution in [0.2, 0.25) is 0 Å². The monoisotopic (exact) mass is 597 g/mol. The van der Waals surface area contributed by atoms with Crippen molar-refractivity contribution in [3.8, 4) is 5.75 Å². The molecule has 25 heavy (non-hydrogen) atoms. The zero-order chi connectivity index (χ0) is 18.9. The fourth-order valence-electron chi connectivity index (χ4n) is 2.15. The summed E-state index contributed by atoms with van der Waals surface area (Å²) >= 11 is 13.2. The number of carbonyl (C=O) groups excluding carboxylic acids is 1. The van der Waals surface area contributed by atoms with Gasteiger partial charge < -0.3 is 15.2 Å². The number of methoxy groups -OCH3 is 1. The number of rotatable bonds is 4. The van der Waals surface area contributed by atoms with Gasteiger partial charge in [0.15, 0.2) is 0 Å². The molecule has 5 nitrogen and oxygen atoms in total. The molecular weight excluding hydrogens is 590 g/mol. The quantitative estimate of drug-likeness (QED) is 0.333. The highest BCUT2D eigenvalue weighted by Gasteiger charge is 2.28. The van der Waals surface area contributed by atoms with E-state index in [0.717, 1.165) is 5.56 Å². The molecule has 132 valence electrons. The first kappa shape index (κ1) is 20.4. The van der Waals surface area contributed by atoms with E-state index in [-0.39, 0.29) is 15.6 Å². The van der Waals surface area contributed by atoms with Gasteiger partial charge >= 0.3 is 5.97 Å². The largest absolute Gasteiger partial charge is 0.495 e. The van der Waals surface area contributed by atoms with E-state index >= 15 is 0 Å². The Bertz CT molecular complexity index is 883. The molecule has 0 radical (unpaired) electrons. The average Bonchev–Trinajstić information content (AvgIpc) is 2.55. The number of halogens is 4. The van der Waals surface area contributed by atoms with E-state index in [9.17, 15) is 14.7 Å². The summed E-state index contributed by atoms with van der Waals surface area (Å²) in [6, 6.07) is 5.32. The van der Waals surface area contributed by atoms with Crippen LogP contribution in [0.4, 0.5) is 5.69 Å². The first-order valence-electron chi connectivity index (χ1n) is 6.74. The summed E-state index contributed by atoms with van der Waals surface area (Å²) in [7, 11) is 1.49. The number of amides is 1. The van der Waals surface area contributed by atoms with E-state index in [1.54, 1.807) is 12.1 Å². The van der Waals surface area contributed by atoms with Crippen LogP contribution in [0.1, 0.15) is 26.3 Å². The van der Waals surface area contributed by atoms with Gasteiger partial charge in [0.2, 0.25) is 0 Å². The second-order valence-electron chi connectivity index (χ2n) is 4.97. The number of aromatic carboxylic acids is 1. The van der Waals surface area contributed by atoms with E-state index < -0.39 is 11.9 Å². The summed E-state index contributed by atoms with van der Waals surface area (Å²) in [5, 5.41) is 12.3. The molecule has 2 rings (SSSR count). The number of carboxylic acids is 1. The van der Waals surface area contributed by atoms with Crippen molar-refractivity contribution in [3.63, 3.8) is 0 Å². The molecule has 0 fully saturated rings. The molecule has 0 spiro atoms. The summed E-state index contributed by atoms with van der Waals surface area (Å²) in [4.78, 5) is 24.5. The Morgan fingerprint density at radius 3 is 2.08 bits per heavy atom. The van der Waals surface area contributed by atoms with Crippen LogP contribution in [0.5, 0.6) is 5.75 Å². The van der Waals surface area contributed by atoms with Crippen LogP contribution in [0.15, 0.2) is 36.1 Å². The van der Waals surface area contributed by atoms with Crippen molar-refractivity contribution in [1.82, 2.24) is 0 Å². The van der Waals surface area contributed by atoms with Gasteiger partial charge in [-0.25, -0.2) is 4.79 Å². The predicted octanol–water partition coefficient (Wildman–Crippen LogP) is 6.00. The Morgan fingerprint density at radius 1 is 1.00 bits per heavy atom. The maximum Gasteiger partial charge on any atom is 0.337 e. The number of benzene rings is 2. The number of anilines is 1. The minimum absolute atomic E-state index is 0.0157. The second-order valence-corrected chi connectivity index (χ2v) is 8.14. The van der Waals surface area contributed by atoms with Gasteiger partial charge in [-0.3, -0.25) is 4.79 Å². The van der Waals surface area contributed by atoms with Gasteiger partial charge in [0.05, 0.1) is 23.9 Å². The number of nitrogens with one attached hydrogen (secondary N) is 1. The fraction of sp³-hybridized carbons (Fsp3) is 0.125. The lowest BCUT2D eigenvalue weighted by Crippen LogP contribution is -2.19. The van der Waals surface area contributed by atoms with Crippen LogP contribution >= 0.6 is 63.7 Å². The third-order valence-electron chi connectivity index (χ3n) is 3.31. The summed E-state index contributed by atoms with van der Waals surface area (Å²) in [5.41, 5.74) is 1.20. The summed E-state index contributed by atoms with van der Waals surface area (Å²) in [5.74, 6) is -1.34. The topological polar surface area (TPSA) is 75.6 Å². The molecule has 0 unspecified atom stereocenters. The third kappa shape index (κ3) is 4.10. The van der Waals surface area contributed by atoms with Gasteiger partial charge in [-0.1, -0.05) is 6.07 Å². The molecule has 0 saturated heterocycles. The summed E-state index contributed by atoms with van der Waals surface area (Å²) in [6.45, 7) is 1.88. The average molecular weight is 601 g/mol. The van der Waals surface area contributed by atoms with Gasteiger partial charge in [0, 0.05) is 17.9 Å². The Balaban J connectivity index is 2.61. The van der Waals surface area contributed by atoms with Crippen molar-refractivity contribution in [1.29, 1.82) is 0 Å².